The normalized spacial score (nSPS) is 10.5. The average molecular weight is 301 g/mol. The molecular formula is C15H13ClN4O. The van der Waals surface area contributed by atoms with Gasteiger partial charge in [-0.05, 0) is 18.2 Å². The zero-order valence-electron chi connectivity index (χ0n) is 11.1. The Labute approximate surface area is 126 Å². The minimum atomic E-state index is 0.102. The molecule has 0 unspecified atom stereocenters. The number of aromatic nitrogens is 3. The number of para-hydroxylation sites is 3. The van der Waals surface area contributed by atoms with E-state index in [0.717, 1.165) is 16.9 Å². The smallest absolute Gasteiger partial charge is 0.139 e. The quantitative estimate of drug-likeness (QED) is 0.776. The van der Waals surface area contributed by atoms with Gasteiger partial charge in [-0.25, -0.2) is 4.68 Å². The molecule has 5 nitrogen and oxygen atoms in total. The van der Waals surface area contributed by atoms with Crippen LogP contribution in [0, 0.1) is 0 Å². The fraction of sp³-hybridized carbons (Fsp3) is 0.0667. The zero-order chi connectivity index (χ0) is 14.7. The molecule has 3 rings (SSSR count). The van der Waals surface area contributed by atoms with Gasteiger partial charge in [-0.15, -0.1) is 5.10 Å². The van der Waals surface area contributed by atoms with Crippen LogP contribution in [0.4, 0.5) is 5.69 Å². The molecule has 2 N–H and O–H groups in total. The molecule has 3 aromatic rings. The molecular weight excluding hydrogens is 288 g/mol. The Balaban J connectivity index is 1.85. The summed E-state index contributed by atoms with van der Waals surface area (Å²) in [6.45, 7) is 0.456. The van der Waals surface area contributed by atoms with Crippen LogP contribution >= 0.6 is 11.6 Å². The van der Waals surface area contributed by atoms with Crippen molar-refractivity contribution in [1.82, 2.24) is 15.0 Å². The van der Waals surface area contributed by atoms with Crippen molar-refractivity contribution >= 4 is 17.3 Å². The van der Waals surface area contributed by atoms with Gasteiger partial charge >= 0.3 is 0 Å². The number of anilines is 1. The van der Waals surface area contributed by atoms with Gasteiger partial charge in [-0.3, -0.25) is 0 Å². The van der Waals surface area contributed by atoms with Crippen LogP contribution in [0.15, 0.2) is 54.9 Å². The third-order valence-corrected chi connectivity index (χ3v) is 3.42. The van der Waals surface area contributed by atoms with Gasteiger partial charge < -0.3 is 10.4 Å². The Kier molecular flexibility index (Phi) is 3.75. The third-order valence-electron chi connectivity index (χ3n) is 3.11. The number of benzene rings is 2. The molecule has 0 fully saturated rings. The Hall–Kier alpha value is -2.53. The molecule has 0 spiro atoms. The van der Waals surface area contributed by atoms with E-state index in [4.69, 9.17) is 11.6 Å². The zero-order valence-corrected chi connectivity index (χ0v) is 11.8. The molecule has 0 saturated heterocycles. The van der Waals surface area contributed by atoms with Crippen molar-refractivity contribution < 1.29 is 5.11 Å². The molecule has 1 heterocycles. The summed E-state index contributed by atoms with van der Waals surface area (Å²) < 4.78 is 1.68. The number of phenolic OH excluding ortho intramolecular Hbond substituents is 1. The van der Waals surface area contributed by atoms with Crippen LogP contribution in [0.5, 0.6) is 5.75 Å². The van der Waals surface area contributed by atoms with E-state index < -0.39 is 0 Å². The van der Waals surface area contributed by atoms with Gasteiger partial charge in [-0.1, -0.05) is 41.1 Å². The second kappa shape index (κ2) is 5.85. The van der Waals surface area contributed by atoms with Gasteiger partial charge in [0.15, 0.2) is 0 Å². The summed E-state index contributed by atoms with van der Waals surface area (Å²) in [5.41, 5.74) is 2.51. The topological polar surface area (TPSA) is 63.0 Å². The van der Waals surface area contributed by atoms with Crippen molar-refractivity contribution in [3.05, 3.63) is 65.4 Å². The van der Waals surface area contributed by atoms with Gasteiger partial charge in [-0.2, -0.15) is 0 Å². The van der Waals surface area contributed by atoms with Gasteiger partial charge in [0.2, 0.25) is 0 Å². The molecule has 0 aliphatic heterocycles. The predicted octanol–water partition coefficient (Wildman–Crippen LogP) is 3.24. The molecule has 1 aromatic heterocycles. The molecule has 0 aliphatic carbocycles. The minimum absolute atomic E-state index is 0.102. The van der Waals surface area contributed by atoms with Gasteiger partial charge in [0.25, 0.3) is 0 Å². The first-order valence-electron chi connectivity index (χ1n) is 6.41. The van der Waals surface area contributed by atoms with Crippen molar-refractivity contribution in [3.63, 3.8) is 0 Å². The number of halogens is 1. The second-order valence-corrected chi connectivity index (χ2v) is 4.87. The highest BCUT2D eigenvalue weighted by molar-refractivity contribution is 6.32. The highest BCUT2D eigenvalue weighted by atomic mass is 35.5. The maximum Gasteiger partial charge on any atom is 0.139 e. The van der Waals surface area contributed by atoms with Crippen molar-refractivity contribution in [2.45, 2.75) is 6.54 Å². The number of nitrogens with one attached hydrogen (secondary N) is 1. The number of rotatable bonds is 4. The molecule has 0 aliphatic rings. The molecule has 0 saturated carbocycles. The van der Waals surface area contributed by atoms with Crippen LogP contribution < -0.4 is 5.32 Å². The monoisotopic (exact) mass is 300 g/mol. The van der Waals surface area contributed by atoms with E-state index in [1.807, 2.05) is 36.4 Å². The molecule has 0 atom stereocenters. The van der Waals surface area contributed by atoms with Crippen LogP contribution in [0.2, 0.25) is 5.02 Å². The largest absolute Gasteiger partial charge is 0.506 e. The van der Waals surface area contributed by atoms with E-state index in [1.165, 1.54) is 0 Å². The van der Waals surface area contributed by atoms with E-state index >= 15 is 0 Å². The first kappa shape index (κ1) is 13.5. The number of hydrogen-bond donors (Lipinski definition) is 2. The minimum Gasteiger partial charge on any atom is -0.506 e. The number of aromatic hydroxyl groups is 1. The van der Waals surface area contributed by atoms with Crippen molar-refractivity contribution in [1.29, 1.82) is 0 Å². The highest BCUT2D eigenvalue weighted by Gasteiger charge is 2.07. The van der Waals surface area contributed by atoms with Crippen molar-refractivity contribution in [2.75, 3.05) is 5.32 Å². The first-order chi connectivity index (χ1) is 10.3. The van der Waals surface area contributed by atoms with Crippen LogP contribution in [0.1, 0.15) is 5.56 Å². The Morgan fingerprint density at radius 1 is 1.14 bits per heavy atom. The van der Waals surface area contributed by atoms with E-state index in [0.29, 0.717) is 11.6 Å². The summed E-state index contributed by atoms with van der Waals surface area (Å²) in [7, 11) is 0. The number of phenols is 1. The van der Waals surface area contributed by atoms with Crippen molar-refractivity contribution in [3.8, 4) is 11.4 Å². The van der Waals surface area contributed by atoms with E-state index in [1.54, 1.807) is 23.1 Å². The van der Waals surface area contributed by atoms with Gasteiger partial charge in [0.1, 0.15) is 5.75 Å². The molecule has 0 amide bonds. The summed E-state index contributed by atoms with van der Waals surface area (Å²) in [5.74, 6) is 0.102. The Bertz CT molecular complexity index is 743. The van der Waals surface area contributed by atoms with Gasteiger partial charge in [0, 0.05) is 12.1 Å². The molecule has 106 valence electrons. The number of nitrogens with zero attached hydrogens (tertiary/aromatic N) is 3. The van der Waals surface area contributed by atoms with E-state index in [9.17, 15) is 5.11 Å². The summed E-state index contributed by atoms with van der Waals surface area (Å²) in [6, 6.07) is 13.0. The Morgan fingerprint density at radius 2 is 2.00 bits per heavy atom. The third kappa shape index (κ3) is 2.83. The fourth-order valence-corrected chi connectivity index (χ4v) is 2.25. The molecule has 2 aromatic carbocycles. The summed E-state index contributed by atoms with van der Waals surface area (Å²) in [5, 5.41) is 21.4. The summed E-state index contributed by atoms with van der Waals surface area (Å²) in [6.07, 6.45) is 3.40. The predicted molar refractivity (Wildman–Crippen MR) is 81.8 cm³/mol. The SMILES string of the molecule is Oc1c(Cl)cccc1CNc1ccccc1-n1ccnn1. The van der Waals surface area contributed by atoms with Crippen LogP contribution in [-0.4, -0.2) is 20.1 Å². The Morgan fingerprint density at radius 3 is 2.81 bits per heavy atom. The molecule has 21 heavy (non-hydrogen) atoms. The van der Waals surface area contributed by atoms with Crippen LogP contribution in [0.3, 0.4) is 0 Å². The highest BCUT2D eigenvalue weighted by Crippen LogP contribution is 2.28. The maximum atomic E-state index is 9.93. The summed E-state index contributed by atoms with van der Waals surface area (Å²) in [4.78, 5) is 0. The molecule has 6 heteroatoms. The van der Waals surface area contributed by atoms with Gasteiger partial charge in [0.05, 0.1) is 28.8 Å². The average Bonchev–Trinajstić information content (AvgIpc) is 3.03. The lowest BCUT2D eigenvalue weighted by molar-refractivity contribution is 0.469. The second-order valence-electron chi connectivity index (χ2n) is 4.47. The maximum absolute atomic E-state index is 9.93. The van der Waals surface area contributed by atoms with E-state index in [2.05, 4.69) is 15.6 Å². The molecule has 0 bridgehead atoms. The molecule has 0 radical (unpaired) electrons. The standard InChI is InChI=1S/C15H13ClN4O/c16-12-5-3-4-11(15(12)21)10-17-13-6-1-2-7-14(13)20-9-8-18-19-20/h1-9,17,21H,10H2. The van der Waals surface area contributed by atoms with Crippen molar-refractivity contribution in [2.24, 2.45) is 0 Å². The fourth-order valence-electron chi connectivity index (χ4n) is 2.05. The number of hydrogen-bond acceptors (Lipinski definition) is 4. The lowest BCUT2D eigenvalue weighted by Crippen LogP contribution is -2.05. The van der Waals surface area contributed by atoms with Crippen LogP contribution in [-0.2, 0) is 6.54 Å². The summed E-state index contributed by atoms with van der Waals surface area (Å²) >= 11 is 5.91. The van der Waals surface area contributed by atoms with Crippen LogP contribution in [0.25, 0.3) is 5.69 Å². The first-order valence-corrected chi connectivity index (χ1v) is 6.79. The lowest BCUT2D eigenvalue weighted by atomic mass is 10.2. The lowest BCUT2D eigenvalue weighted by Gasteiger charge is -2.12. The van der Waals surface area contributed by atoms with E-state index in [-0.39, 0.29) is 5.75 Å².